The summed E-state index contributed by atoms with van der Waals surface area (Å²) in [7, 11) is 0. The molecule has 38 heavy (non-hydrogen) atoms. The van der Waals surface area contributed by atoms with Gasteiger partial charge in [-0.15, -0.1) is 0 Å². The summed E-state index contributed by atoms with van der Waals surface area (Å²) in [5.41, 5.74) is -1.13. The molecule has 0 aromatic heterocycles. The second-order valence-electron chi connectivity index (χ2n) is 9.12. The molecule has 1 saturated heterocycles. The highest BCUT2D eigenvalue weighted by molar-refractivity contribution is 5.78. The average Bonchev–Trinajstić information content (AvgIpc) is 2.88. The topological polar surface area (TPSA) is 41.6 Å². The Balaban J connectivity index is 1.65. The zero-order valence-corrected chi connectivity index (χ0v) is 20.2. The fourth-order valence-electron chi connectivity index (χ4n) is 4.71. The number of nitrogens with one attached hydrogen (secondary N) is 1. The predicted molar refractivity (Wildman–Crippen MR) is 129 cm³/mol. The minimum atomic E-state index is -4.94. The average molecular weight is 537 g/mol. The number of halogens is 6. The lowest BCUT2D eigenvalue weighted by atomic mass is 9.84. The van der Waals surface area contributed by atoms with Gasteiger partial charge in [0.05, 0.1) is 30.9 Å². The van der Waals surface area contributed by atoms with E-state index in [9.17, 15) is 31.1 Å². The fourth-order valence-corrected chi connectivity index (χ4v) is 4.71. The second kappa shape index (κ2) is 11.6. The monoisotopic (exact) mass is 536 g/mol. The number of alkyl halides is 6. The van der Waals surface area contributed by atoms with Crippen molar-refractivity contribution in [1.29, 1.82) is 0 Å². The quantitative estimate of drug-likeness (QED) is 0.366. The van der Waals surface area contributed by atoms with Crippen molar-refractivity contribution in [3.8, 4) is 0 Å². The van der Waals surface area contributed by atoms with Crippen LogP contribution in [0.1, 0.15) is 33.7 Å². The number of carbonyl (C=O) groups is 1. The standard InChI is InChI=1S/C28H26F6N2O2/c29-27(30,31)22-13-19(14-23(15-22)28(32,33)34)17-38-18-24(36-12-11-35-25(37)16-36)26(20-7-3-1-4-8-20)21-9-5-2-6-10-21/h1-10,13-15,24,26H,11-12,16-18H2,(H,35,37). The van der Waals surface area contributed by atoms with Crippen LogP contribution in [0.3, 0.4) is 0 Å². The molecule has 3 aromatic carbocycles. The molecule has 0 spiro atoms. The molecule has 202 valence electrons. The number of ether oxygens (including phenoxy) is 1. The van der Waals surface area contributed by atoms with Crippen LogP contribution in [0.4, 0.5) is 26.3 Å². The lowest BCUT2D eigenvalue weighted by molar-refractivity contribution is -0.143. The molecule has 1 aliphatic rings. The molecule has 1 aliphatic heterocycles. The van der Waals surface area contributed by atoms with Crippen LogP contribution in [0.25, 0.3) is 0 Å². The molecule has 1 fully saturated rings. The fraction of sp³-hybridized carbons (Fsp3) is 0.321. The maximum Gasteiger partial charge on any atom is 0.416 e. The highest BCUT2D eigenvalue weighted by Gasteiger charge is 2.37. The molecule has 10 heteroatoms. The first-order valence-corrected chi connectivity index (χ1v) is 12.0. The molecule has 0 aliphatic carbocycles. The maximum absolute atomic E-state index is 13.3. The number of carbonyl (C=O) groups excluding carboxylic acids is 1. The summed E-state index contributed by atoms with van der Waals surface area (Å²) >= 11 is 0. The summed E-state index contributed by atoms with van der Waals surface area (Å²) in [5, 5.41) is 2.77. The molecule has 1 heterocycles. The number of benzene rings is 3. The summed E-state index contributed by atoms with van der Waals surface area (Å²) in [4.78, 5) is 14.2. The van der Waals surface area contributed by atoms with Crippen LogP contribution in [0.5, 0.6) is 0 Å². The highest BCUT2D eigenvalue weighted by atomic mass is 19.4. The van der Waals surface area contributed by atoms with Gasteiger partial charge in [-0.1, -0.05) is 60.7 Å². The number of rotatable bonds is 8. The van der Waals surface area contributed by atoms with Gasteiger partial charge in [0.15, 0.2) is 0 Å². The van der Waals surface area contributed by atoms with Gasteiger partial charge in [-0.05, 0) is 34.9 Å². The van der Waals surface area contributed by atoms with Crippen molar-refractivity contribution < 1.29 is 35.9 Å². The Labute approximate surface area is 216 Å². The number of hydrogen-bond acceptors (Lipinski definition) is 3. The maximum atomic E-state index is 13.3. The highest BCUT2D eigenvalue weighted by Crippen LogP contribution is 2.37. The van der Waals surface area contributed by atoms with Crippen molar-refractivity contribution in [2.45, 2.75) is 30.9 Å². The van der Waals surface area contributed by atoms with Crippen molar-refractivity contribution in [2.75, 3.05) is 26.2 Å². The Bertz CT molecular complexity index is 1140. The number of amides is 1. The summed E-state index contributed by atoms with van der Waals surface area (Å²) in [5.74, 6) is -0.440. The van der Waals surface area contributed by atoms with E-state index in [1.54, 1.807) is 0 Å². The normalized spacial score (nSPS) is 15.9. The van der Waals surface area contributed by atoms with Crippen LogP contribution < -0.4 is 5.32 Å². The Morgan fingerprint density at radius 1 is 0.816 bits per heavy atom. The summed E-state index contributed by atoms with van der Waals surface area (Å²) in [6.45, 7) is 0.525. The van der Waals surface area contributed by atoms with Crippen LogP contribution in [-0.2, 0) is 28.5 Å². The molecule has 0 bridgehead atoms. The lowest BCUT2D eigenvalue weighted by Crippen LogP contribution is -2.54. The largest absolute Gasteiger partial charge is 0.416 e. The van der Waals surface area contributed by atoms with Gasteiger partial charge in [-0.3, -0.25) is 9.69 Å². The molecule has 1 unspecified atom stereocenters. The van der Waals surface area contributed by atoms with Crippen LogP contribution in [0.15, 0.2) is 78.9 Å². The molecule has 1 N–H and O–H groups in total. The van der Waals surface area contributed by atoms with E-state index in [-0.39, 0.29) is 36.6 Å². The van der Waals surface area contributed by atoms with E-state index in [0.29, 0.717) is 25.2 Å². The molecular formula is C28H26F6N2O2. The van der Waals surface area contributed by atoms with Crippen LogP contribution in [-0.4, -0.2) is 43.1 Å². The van der Waals surface area contributed by atoms with Crippen molar-refractivity contribution in [2.24, 2.45) is 0 Å². The Morgan fingerprint density at radius 3 is 1.82 bits per heavy atom. The van der Waals surface area contributed by atoms with Gasteiger partial charge < -0.3 is 10.1 Å². The van der Waals surface area contributed by atoms with Crippen molar-refractivity contribution in [3.05, 3.63) is 107 Å². The third kappa shape index (κ3) is 6.93. The molecular weight excluding hydrogens is 510 g/mol. The zero-order chi connectivity index (χ0) is 27.3. The van der Waals surface area contributed by atoms with Gasteiger partial charge in [0.1, 0.15) is 0 Å². The first-order valence-electron chi connectivity index (χ1n) is 12.0. The third-order valence-corrected chi connectivity index (χ3v) is 6.44. The van der Waals surface area contributed by atoms with Crippen molar-refractivity contribution >= 4 is 5.91 Å². The summed E-state index contributed by atoms with van der Waals surface area (Å²) in [6, 6.07) is 20.1. The molecule has 3 aromatic rings. The van der Waals surface area contributed by atoms with Gasteiger partial charge in [-0.25, -0.2) is 0 Å². The Morgan fingerprint density at radius 2 is 1.34 bits per heavy atom. The molecule has 1 atom stereocenters. The molecule has 1 amide bonds. The molecule has 0 radical (unpaired) electrons. The Hall–Kier alpha value is -3.37. The smallest absolute Gasteiger partial charge is 0.375 e. The van der Waals surface area contributed by atoms with Crippen LogP contribution in [0.2, 0.25) is 0 Å². The molecule has 4 nitrogen and oxygen atoms in total. The molecule has 4 rings (SSSR count). The minimum Gasteiger partial charge on any atom is -0.375 e. The SMILES string of the molecule is O=C1CN(C(COCc2cc(C(F)(F)F)cc(C(F)(F)F)c2)C(c2ccccc2)c2ccccc2)CCN1. The van der Waals surface area contributed by atoms with E-state index in [2.05, 4.69) is 5.32 Å². The predicted octanol–water partition coefficient (Wildman–Crippen LogP) is 5.87. The van der Waals surface area contributed by atoms with Gasteiger partial charge in [0.25, 0.3) is 0 Å². The van der Waals surface area contributed by atoms with Crippen LogP contribution in [0, 0.1) is 0 Å². The zero-order valence-electron chi connectivity index (χ0n) is 20.2. The van der Waals surface area contributed by atoms with Gasteiger partial charge in [0.2, 0.25) is 5.91 Å². The van der Waals surface area contributed by atoms with Crippen molar-refractivity contribution in [1.82, 2.24) is 10.2 Å². The molecule has 0 saturated carbocycles. The van der Waals surface area contributed by atoms with E-state index >= 15 is 0 Å². The number of hydrogen-bond donors (Lipinski definition) is 1. The first-order chi connectivity index (χ1) is 18.0. The lowest BCUT2D eigenvalue weighted by Gasteiger charge is -2.39. The minimum absolute atomic E-state index is 0.0284. The van der Waals surface area contributed by atoms with E-state index in [1.165, 1.54) is 0 Å². The van der Waals surface area contributed by atoms with Gasteiger partial charge in [0, 0.05) is 25.0 Å². The van der Waals surface area contributed by atoms with Gasteiger partial charge >= 0.3 is 12.4 Å². The van der Waals surface area contributed by atoms with Crippen molar-refractivity contribution in [3.63, 3.8) is 0 Å². The number of nitrogens with zero attached hydrogens (tertiary/aromatic N) is 1. The first kappa shape index (κ1) is 27.7. The van der Waals surface area contributed by atoms with E-state index in [0.717, 1.165) is 11.1 Å². The number of piperazine rings is 1. The Kier molecular flexibility index (Phi) is 8.42. The van der Waals surface area contributed by atoms with Crippen LogP contribution >= 0.6 is 0 Å². The second-order valence-corrected chi connectivity index (χ2v) is 9.12. The van der Waals surface area contributed by atoms with Gasteiger partial charge in [-0.2, -0.15) is 26.3 Å². The van der Waals surface area contributed by atoms with E-state index < -0.39 is 36.1 Å². The summed E-state index contributed by atoms with van der Waals surface area (Å²) in [6.07, 6.45) is -9.88. The third-order valence-electron chi connectivity index (χ3n) is 6.44. The van der Waals surface area contributed by atoms with E-state index in [1.807, 2.05) is 65.6 Å². The summed E-state index contributed by atoms with van der Waals surface area (Å²) < 4.78 is 85.6. The van der Waals surface area contributed by atoms with E-state index in [4.69, 9.17) is 4.74 Å².